The van der Waals surface area contributed by atoms with E-state index in [1.165, 1.54) is 0 Å². The van der Waals surface area contributed by atoms with Gasteiger partial charge in [0.2, 0.25) is 0 Å². The summed E-state index contributed by atoms with van der Waals surface area (Å²) < 4.78 is 0. The summed E-state index contributed by atoms with van der Waals surface area (Å²) in [6.45, 7) is 1.90. The van der Waals surface area contributed by atoms with E-state index in [4.69, 9.17) is 5.73 Å². The third kappa shape index (κ3) is 1.31. The number of carbonyl (C=O) groups excluding carboxylic acids is 2. The lowest BCUT2D eigenvalue weighted by molar-refractivity contribution is 0.0979. The molecule has 0 fully saturated rings. The van der Waals surface area contributed by atoms with Gasteiger partial charge in [-0.25, -0.2) is 0 Å². The molecule has 0 amide bonds. The van der Waals surface area contributed by atoms with Crippen LogP contribution in [0, 0.1) is 6.92 Å². The normalized spacial score (nSPS) is 13.2. The van der Waals surface area contributed by atoms with Gasteiger partial charge in [0.25, 0.3) is 0 Å². The SMILES string of the molecule is Cc1ccc2c(c1)C(=O)c1cccc(N)c1C2=O. The van der Waals surface area contributed by atoms with E-state index in [1.54, 1.807) is 30.3 Å². The second-order valence-electron chi connectivity index (χ2n) is 4.48. The van der Waals surface area contributed by atoms with Crippen molar-refractivity contribution in [3.05, 3.63) is 64.2 Å². The molecule has 3 nitrogen and oxygen atoms in total. The van der Waals surface area contributed by atoms with Gasteiger partial charge in [0.15, 0.2) is 11.6 Å². The van der Waals surface area contributed by atoms with Crippen LogP contribution in [0.4, 0.5) is 5.69 Å². The lowest BCUT2D eigenvalue weighted by Crippen LogP contribution is -2.22. The molecule has 0 bridgehead atoms. The maximum absolute atomic E-state index is 12.4. The van der Waals surface area contributed by atoms with Crippen molar-refractivity contribution in [1.29, 1.82) is 0 Å². The van der Waals surface area contributed by atoms with Crippen molar-refractivity contribution in [3.8, 4) is 0 Å². The summed E-state index contributed by atoms with van der Waals surface area (Å²) in [4.78, 5) is 24.7. The third-order valence-electron chi connectivity index (χ3n) is 3.23. The summed E-state index contributed by atoms with van der Waals surface area (Å²) in [7, 11) is 0. The van der Waals surface area contributed by atoms with Gasteiger partial charge in [-0.05, 0) is 19.1 Å². The number of carbonyl (C=O) groups is 2. The molecule has 18 heavy (non-hydrogen) atoms. The molecule has 3 rings (SSSR count). The number of aryl methyl sites for hydroxylation is 1. The number of nitrogen functional groups attached to an aromatic ring is 1. The molecule has 0 atom stereocenters. The molecule has 0 aromatic heterocycles. The second kappa shape index (κ2) is 3.53. The van der Waals surface area contributed by atoms with E-state index in [2.05, 4.69) is 0 Å². The topological polar surface area (TPSA) is 60.2 Å². The van der Waals surface area contributed by atoms with Crippen LogP contribution in [0.25, 0.3) is 0 Å². The van der Waals surface area contributed by atoms with Gasteiger partial charge in [-0.2, -0.15) is 0 Å². The highest BCUT2D eigenvalue weighted by Crippen LogP contribution is 2.30. The lowest BCUT2D eigenvalue weighted by Gasteiger charge is -2.18. The van der Waals surface area contributed by atoms with Crippen molar-refractivity contribution >= 4 is 17.3 Å². The van der Waals surface area contributed by atoms with Crippen LogP contribution in [-0.2, 0) is 0 Å². The van der Waals surface area contributed by atoms with Gasteiger partial charge in [-0.3, -0.25) is 9.59 Å². The minimum Gasteiger partial charge on any atom is -0.398 e. The van der Waals surface area contributed by atoms with E-state index in [0.29, 0.717) is 27.9 Å². The zero-order valence-electron chi connectivity index (χ0n) is 9.86. The monoisotopic (exact) mass is 237 g/mol. The van der Waals surface area contributed by atoms with Crippen LogP contribution in [0.2, 0.25) is 0 Å². The average Bonchev–Trinajstić information content (AvgIpc) is 2.35. The van der Waals surface area contributed by atoms with Crippen LogP contribution in [0.1, 0.15) is 37.4 Å². The van der Waals surface area contributed by atoms with Crippen molar-refractivity contribution in [2.24, 2.45) is 0 Å². The zero-order chi connectivity index (χ0) is 12.9. The van der Waals surface area contributed by atoms with Crippen molar-refractivity contribution < 1.29 is 9.59 Å². The number of anilines is 1. The van der Waals surface area contributed by atoms with Gasteiger partial charge in [0, 0.05) is 22.4 Å². The van der Waals surface area contributed by atoms with E-state index in [9.17, 15) is 9.59 Å². The Morgan fingerprint density at radius 3 is 2.44 bits per heavy atom. The van der Waals surface area contributed by atoms with Gasteiger partial charge in [0.1, 0.15) is 0 Å². The molecule has 0 saturated heterocycles. The van der Waals surface area contributed by atoms with Crippen LogP contribution in [0.5, 0.6) is 0 Å². The molecule has 3 heteroatoms. The molecule has 1 aliphatic rings. The Balaban J connectivity index is 2.35. The van der Waals surface area contributed by atoms with Crippen LogP contribution in [0.15, 0.2) is 36.4 Å². The highest BCUT2D eigenvalue weighted by molar-refractivity contribution is 6.30. The van der Waals surface area contributed by atoms with Gasteiger partial charge >= 0.3 is 0 Å². The van der Waals surface area contributed by atoms with Gasteiger partial charge in [-0.1, -0.05) is 29.8 Å². The van der Waals surface area contributed by atoms with Gasteiger partial charge < -0.3 is 5.73 Å². The van der Waals surface area contributed by atoms with Crippen molar-refractivity contribution in [2.45, 2.75) is 6.92 Å². The number of hydrogen-bond donors (Lipinski definition) is 1. The largest absolute Gasteiger partial charge is 0.398 e. The second-order valence-corrected chi connectivity index (χ2v) is 4.48. The first-order valence-electron chi connectivity index (χ1n) is 5.68. The molecule has 88 valence electrons. The van der Waals surface area contributed by atoms with Crippen molar-refractivity contribution in [2.75, 3.05) is 5.73 Å². The Labute approximate surface area is 104 Å². The fraction of sp³-hybridized carbons (Fsp3) is 0.0667. The van der Waals surface area contributed by atoms with E-state index in [-0.39, 0.29) is 11.6 Å². The number of rotatable bonds is 0. The quantitative estimate of drug-likeness (QED) is 0.610. The number of fused-ring (bicyclic) bond motifs is 2. The zero-order valence-corrected chi connectivity index (χ0v) is 9.86. The maximum atomic E-state index is 12.4. The maximum Gasteiger partial charge on any atom is 0.196 e. The molecule has 1 aliphatic carbocycles. The number of benzene rings is 2. The molecule has 2 N–H and O–H groups in total. The molecule has 0 unspecified atom stereocenters. The Bertz CT molecular complexity index is 698. The molecule has 2 aromatic rings. The summed E-state index contributed by atoms with van der Waals surface area (Å²) in [6.07, 6.45) is 0. The Hall–Kier alpha value is -2.42. The summed E-state index contributed by atoms with van der Waals surface area (Å²) in [5.41, 5.74) is 8.77. The first kappa shape index (κ1) is 10.7. The van der Waals surface area contributed by atoms with E-state index in [0.717, 1.165) is 5.56 Å². The third-order valence-corrected chi connectivity index (χ3v) is 3.23. The predicted octanol–water partition coefficient (Wildman–Crippen LogP) is 2.35. The van der Waals surface area contributed by atoms with Gasteiger partial charge in [-0.15, -0.1) is 0 Å². The lowest BCUT2D eigenvalue weighted by atomic mass is 9.83. The molecular weight excluding hydrogens is 226 g/mol. The smallest absolute Gasteiger partial charge is 0.196 e. The highest BCUT2D eigenvalue weighted by atomic mass is 16.1. The van der Waals surface area contributed by atoms with Crippen LogP contribution in [0.3, 0.4) is 0 Å². The molecule has 0 spiro atoms. The fourth-order valence-corrected chi connectivity index (χ4v) is 2.34. The molecule has 0 aliphatic heterocycles. The molecule has 0 saturated carbocycles. The highest BCUT2D eigenvalue weighted by Gasteiger charge is 2.30. The fourth-order valence-electron chi connectivity index (χ4n) is 2.34. The first-order chi connectivity index (χ1) is 8.59. The minimum absolute atomic E-state index is 0.129. The molecule has 0 heterocycles. The molecular formula is C15H11NO2. The first-order valence-corrected chi connectivity index (χ1v) is 5.68. The average molecular weight is 237 g/mol. The van der Waals surface area contributed by atoms with E-state index >= 15 is 0 Å². The van der Waals surface area contributed by atoms with Gasteiger partial charge in [0.05, 0.1) is 5.56 Å². The minimum atomic E-state index is -0.169. The van der Waals surface area contributed by atoms with Crippen molar-refractivity contribution in [3.63, 3.8) is 0 Å². The molecule has 2 aromatic carbocycles. The number of ketones is 2. The van der Waals surface area contributed by atoms with Crippen molar-refractivity contribution in [1.82, 2.24) is 0 Å². The summed E-state index contributed by atoms with van der Waals surface area (Å²) >= 11 is 0. The van der Waals surface area contributed by atoms with E-state index in [1.807, 2.05) is 13.0 Å². The van der Waals surface area contributed by atoms with Crippen LogP contribution < -0.4 is 5.73 Å². The standard InChI is InChI=1S/C15H11NO2/c1-8-5-6-9-11(7-8)14(17)10-3-2-4-12(16)13(10)15(9)18/h2-7H,16H2,1H3. The van der Waals surface area contributed by atoms with E-state index < -0.39 is 0 Å². The Morgan fingerprint density at radius 1 is 0.889 bits per heavy atom. The van der Waals surface area contributed by atoms with Crippen LogP contribution in [-0.4, -0.2) is 11.6 Å². The predicted molar refractivity (Wildman–Crippen MR) is 68.9 cm³/mol. The summed E-state index contributed by atoms with van der Waals surface area (Å²) in [6, 6.07) is 10.3. The number of hydrogen-bond acceptors (Lipinski definition) is 3. The summed E-state index contributed by atoms with van der Waals surface area (Å²) in [5.74, 6) is -0.298. The number of nitrogens with two attached hydrogens (primary N) is 1. The Kier molecular flexibility index (Phi) is 2.10. The Morgan fingerprint density at radius 2 is 1.67 bits per heavy atom. The van der Waals surface area contributed by atoms with Crippen LogP contribution >= 0.6 is 0 Å². The summed E-state index contributed by atoms with van der Waals surface area (Å²) in [5, 5.41) is 0. The molecule has 0 radical (unpaired) electrons.